The number of hydrogen-bond donors (Lipinski definition) is 2. The molecule has 0 spiro atoms. The van der Waals surface area contributed by atoms with Crippen molar-refractivity contribution < 1.29 is 9.59 Å². The third-order valence-electron chi connectivity index (χ3n) is 4.72. The summed E-state index contributed by atoms with van der Waals surface area (Å²) in [5.41, 5.74) is 0. The molecule has 0 radical (unpaired) electrons. The van der Waals surface area contributed by atoms with Crippen LogP contribution in [-0.2, 0) is 9.59 Å². The Bertz CT molecular complexity index is 351. The molecule has 0 aromatic rings. The molecular weight excluding hydrogens is 256 g/mol. The summed E-state index contributed by atoms with van der Waals surface area (Å²) < 4.78 is 0. The third kappa shape index (κ3) is 2.81. The van der Waals surface area contributed by atoms with Crippen LogP contribution in [0.25, 0.3) is 0 Å². The number of fused-ring (bicyclic) bond motifs is 2. The number of amides is 2. The van der Waals surface area contributed by atoms with E-state index in [1.807, 2.05) is 9.80 Å². The van der Waals surface area contributed by atoms with E-state index in [0.717, 1.165) is 65.0 Å². The van der Waals surface area contributed by atoms with Crippen LogP contribution in [-0.4, -0.2) is 73.0 Å². The number of hydrogen-bond acceptors (Lipinski definition) is 4. The number of carbonyl (C=O) groups excluding carboxylic acids is 2. The molecule has 6 nitrogen and oxygen atoms in total. The molecule has 0 aromatic carbocycles. The topological polar surface area (TPSA) is 64.7 Å². The van der Waals surface area contributed by atoms with Crippen LogP contribution >= 0.6 is 0 Å². The first-order valence-electron chi connectivity index (χ1n) is 7.76. The second-order valence-corrected chi connectivity index (χ2v) is 5.97. The number of nitrogens with one attached hydrogen (secondary N) is 2. The molecular formula is C14H24N4O2. The van der Waals surface area contributed by atoms with Gasteiger partial charge in [0.15, 0.2) is 0 Å². The maximum absolute atomic E-state index is 11.1. The van der Waals surface area contributed by atoms with Gasteiger partial charge in [-0.1, -0.05) is 0 Å². The molecule has 6 heteroatoms. The largest absolute Gasteiger partial charge is 0.337 e. The fourth-order valence-electron chi connectivity index (χ4n) is 3.56. The van der Waals surface area contributed by atoms with Crippen molar-refractivity contribution in [2.45, 2.75) is 37.8 Å². The smallest absolute Gasteiger partial charge is 0.222 e. The summed E-state index contributed by atoms with van der Waals surface area (Å²) in [6.45, 7) is 5.80. The maximum Gasteiger partial charge on any atom is 0.222 e. The molecule has 0 unspecified atom stereocenters. The summed E-state index contributed by atoms with van der Waals surface area (Å²) in [6, 6.07) is 1.03. The molecule has 2 atom stereocenters. The minimum absolute atomic E-state index is 0.353. The van der Waals surface area contributed by atoms with Crippen LogP contribution in [0.5, 0.6) is 0 Å². The van der Waals surface area contributed by atoms with E-state index in [4.69, 9.17) is 0 Å². The molecule has 0 saturated carbocycles. The lowest BCUT2D eigenvalue weighted by atomic mass is 10.2. The van der Waals surface area contributed by atoms with Gasteiger partial charge in [-0.05, 0) is 12.8 Å². The van der Waals surface area contributed by atoms with Gasteiger partial charge in [0.2, 0.25) is 11.8 Å². The van der Waals surface area contributed by atoms with Gasteiger partial charge in [-0.2, -0.15) is 0 Å². The summed E-state index contributed by atoms with van der Waals surface area (Å²) >= 11 is 0. The number of piperazine rings is 2. The van der Waals surface area contributed by atoms with Crippen molar-refractivity contribution in [3.8, 4) is 0 Å². The van der Waals surface area contributed by atoms with Crippen molar-refractivity contribution in [1.82, 2.24) is 20.4 Å². The van der Waals surface area contributed by atoms with Gasteiger partial charge in [-0.25, -0.2) is 0 Å². The summed E-state index contributed by atoms with van der Waals surface area (Å²) in [6.07, 6.45) is 3.66. The highest BCUT2D eigenvalue weighted by atomic mass is 16.2. The zero-order chi connectivity index (χ0) is 13.9. The lowest BCUT2D eigenvalue weighted by Crippen LogP contribution is -2.49. The molecule has 4 saturated heterocycles. The molecule has 4 aliphatic rings. The van der Waals surface area contributed by atoms with E-state index in [9.17, 15) is 9.59 Å². The van der Waals surface area contributed by atoms with Crippen LogP contribution in [0.3, 0.4) is 0 Å². The van der Waals surface area contributed by atoms with E-state index in [0.29, 0.717) is 23.9 Å². The van der Waals surface area contributed by atoms with Crippen LogP contribution in [0, 0.1) is 0 Å². The van der Waals surface area contributed by atoms with Gasteiger partial charge < -0.3 is 20.4 Å². The van der Waals surface area contributed by atoms with E-state index < -0.39 is 0 Å². The normalized spacial score (nSPS) is 32.6. The van der Waals surface area contributed by atoms with Crippen molar-refractivity contribution >= 4 is 11.8 Å². The average molecular weight is 280 g/mol. The van der Waals surface area contributed by atoms with Crippen LogP contribution in [0.15, 0.2) is 0 Å². The Hall–Kier alpha value is -1.14. The highest BCUT2D eigenvalue weighted by Crippen LogP contribution is 2.19. The fourth-order valence-corrected chi connectivity index (χ4v) is 3.56. The van der Waals surface area contributed by atoms with Gasteiger partial charge in [0.1, 0.15) is 0 Å². The monoisotopic (exact) mass is 280 g/mol. The highest BCUT2D eigenvalue weighted by Gasteiger charge is 2.32. The molecule has 112 valence electrons. The van der Waals surface area contributed by atoms with Crippen LogP contribution in [0.4, 0.5) is 0 Å². The SMILES string of the molecule is O=C1CC[C@@H]2CNCCN12.O=C1CC[C@H]2CNCCN12. The molecule has 4 fully saturated rings. The predicted molar refractivity (Wildman–Crippen MR) is 75.2 cm³/mol. The van der Waals surface area contributed by atoms with E-state index in [-0.39, 0.29) is 0 Å². The van der Waals surface area contributed by atoms with Crippen LogP contribution < -0.4 is 10.6 Å². The Labute approximate surface area is 119 Å². The first kappa shape index (κ1) is 13.8. The molecule has 4 rings (SSSR count). The molecule has 20 heavy (non-hydrogen) atoms. The Balaban J connectivity index is 0.000000121. The maximum atomic E-state index is 11.1. The number of nitrogens with zero attached hydrogens (tertiary/aromatic N) is 2. The Morgan fingerprint density at radius 2 is 1.25 bits per heavy atom. The van der Waals surface area contributed by atoms with Crippen molar-refractivity contribution in [3.63, 3.8) is 0 Å². The van der Waals surface area contributed by atoms with Crippen molar-refractivity contribution in [3.05, 3.63) is 0 Å². The second kappa shape index (κ2) is 6.10. The molecule has 0 aliphatic carbocycles. The van der Waals surface area contributed by atoms with Gasteiger partial charge in [-0.15, -0.1) is 0 Å². The Morgan fingerprint density at radius 3 is 1.65 bits per heavy atom. The van der Waals surface area contributed by atoms with E-state index in [1.165, 1.54) is 0 Å². The zero-order valence-electron chi connectivity index (χ0n) is 11.9. The lowest BCUT2D eigenvalue weighted by molar-refractivity contribution is -0.130. The molecule has 2 N–H and O–H groups in total. The first-order valence-corrected chi connectivity index (χ1v) is 7.76. The first-order chi connectivity index (χ1) is 9.75. The van der Waals surface area contributed by atoms with E-state index >= 15 is 0 Å². The minimum Gasteiger partial charge on any atom is -0.337 e. The minimum atomic E-state index is 0.353. The van der Waals surface area contributed by atoms with E-state index in [2.05, 4.69) is 10.6 Å². The highest BCUT2D eigenvalue weighted by molar-refractivity contribution is 5.79. The Morgan fingerprint density at radius 1 is 0.800 bits per heavy atom. The quantitative estimate of drug-likeness (QED) is 0.607. The summed E-state index contributed by atoms with van der Waals surface area (Å²) in [7, 11) is 0. The Kier molecular flexibility index (Phi) is 4.21. The van der Waals surface area contributed by atoms with Gasteiger partial charge in [0, 0.05) is 64.2 Å². The van der Waals surface area contributed by atoms with Crippen molar-refractivity contribution in [2.75, 3.05) is 39.3 Å². The average Bonchev–Trinajstić information content (AvgIpc) is 3.05. The summed E-state index contributed by atoms with van der Waals surface area (Å²) in [4.78, 5) is 26.2. The number of carbonyl (C=O) groups is 2. The van der Waals surface area contributed by atoms with Gasteiger partial charge in [0.05, 0.1) is 0 Å². The van der Waals surface area contributed by atoms with Gasteiger partial charge in [0.25, 0.3) is 0 Å². The van der Waals surface area contributed by atoms with Crippen LogP contribution in [0.1, 0.15) is 25.7 Å². The molecule has 0 aromatic heterocycles. The molecule has 4 heterocycles. The molecule has 0 bridgehead atoms. The predicted octanol–water partition coefficient (Wildman–Crippen LogP) is -0.839. The van der Waals surface area contributed by atoms with Crippen LogP contribution in [0.2, 0.25) is 0 Å². The summed E-state index contributed by atoms with van der Waals surface area (Å²) in [5.74, 6) is 0.706. The lowest BCUT2D eigenvalue weighted by Gasteiger charge is -2.29. The second-order valence-electron chi connectivity index (χ2n) is 5.97. The van der Waals surface area contributed by atoms with Crippen molar-refractivity contribution in [2.24, 2.45) is 0 Å². The van der Waals surface area contributed by atoms with Crippen molar-refractivity contribution in [1.29, 1.82) is 0 Å². The fraction of sp³-hybridized carbons (Fsp3) is 0.857. The van der Waals surface area contributed by atoms with Gasteiger partial charge in [-0.3, -0.25) is 9.59 Å². The summed E-state index contributed by atoms with van der Waals surface area (Å²) in [5, 5.41) is 6.57. The molecule has 2 amide bonds. The zero-order valence-corrected chi connectivity index (χ0v) is 11.9. The number of rotatable bonds is 0. The molecule has 4 aliphatic heterocycles. The van der Waals surface area contributed by atoms with Gasteiger partial charge >= 0.3 is 0 Å². The standard InChI is InChI=1S/2C7H12N2O/c2*10-7-2-1-6-5-8-3-4-9(6)7/h2*6,8H,1-5H2/t2*6-/m10/s1. The third-order valence-corrected chi connectivity index (χ3v) is 4.72. The van der Waals surface area contributed by atoms with E-state index in [1.54, 1.807) is 0 Å².